The summed E-state index contributed by atoms with van der Waals surface area (Å²) in [4.78, 5) is 52.1. The van der Waals surface area contributed by atoms with Gasteiger partial charge in [-0.05, 0) is 36.3 Å². The molecule has 0 aromatic heterocycles. The number of non-ortho nitro benzene ring substituents is 1. The molecule has 3 aliphatic carbocycles. The lowest BCUT2D eigenvalue weighted by molar-refractivity contribution is -0.384. The number of benzene rings is 2. The number of carbonyl (C=O) groups excluding carboxylic acids is 3. The summed E-state index contributed by atoms with van der Waals surface area (Å²) in [6, 6.07) is 13.8. The summed E-state index contributed by atoms with van der Waals surface area (Å²) in [6.07, 6.45) is 6.00. The fraction of sp³-hybridized carbons (Fsp3) is 0.320. The van der Waals surface area contributed by atoms with Gasteiger partial charge in [0.25, 0.3) is 5.69 Å². The molecule has 1 saturated carbocycles. The van der Waals surface area contributed by atoms with Crippen LogP contribution in [-0.2, 0) is 20.8 Å². The standard InChI is InChI=1S/C25H23N3O5/c29-23(26-18-7-4-8-19(14-18)28(32)33)20(13-15-5-2-1-3-6-15)27-24(30)21-16-9-10-17(12-11-16)22(21)25(27)31/h1-10,14,16-17,20-22H,11-13H2,(H,26,29)/t16-,17-,20-,21-,22-/m0/s1. The van der Waals surface area contributed by atoms with E-state index in [1.807, 2.05) is 42.5 Å². The highest BCUT2D eigenvalue weighted by Crippen LogP contribution is 2.50. The average Bonchev–Trinajstić information content (AvgIpc) is 3.11. The Labute approximate surface area is 190 Å². The van der Waals surface area contributed by atoms with Crippen molar-refractivity contribution >= 4 is 29.1 Å². The first kappa shape index (κ1) is 21.1. The predicted octanol–water partition coefficient (Wildman–Crippen LogP) is 3.34. The maximum absolute atomic E-state index is 13.5. The molecule has 8 heteroatoms. The van der Waals surface area contributed by atoms with E-state index in [2.05, 4.69) is 5.32 Å². The summed E-state index contributed by atoms with van der Waals surface area (Å²) < 4.78 is 0. The van der Waals surface area contributed by atoms with E-state index in [1.165, 1.54) is 18.2 Å². The summed E-state index contributed by atoms with van der Waals surface area (Å²) in [5.41, 5.74) is 0.896. The van der Waals surface area contributed by atoms with Gasteiger partial charge in [-0.1, -0.05) is 48.6 Å². The molecule has 0 radical (unpaired) electrons. The highest BCUT2D eigenvalue weighted by atomic mass is 16.6. The summed E-state index contributed by atoms with van der Waals surface area (Å²) in [6.45, 7) is 0. The zero-order chi connectivity index (χ0) is 23.1. The van der Waals surface area contributed by atoms with Gasteiger partial charge in [0.05, 0.1) is 16.8 Å². The number of anilines is 1. The predicted molar refractivity (Wildman–Crippen MR) is 120 cm³/mol. The smallest absolute Gasteiger partial charge is 0.271 e. The fourth-order valence-electron chi connectivity index (χ4n) is 5.47. The number of nitrogens with zero attached hydrogens (tertiary/aromatic N) is 2. The number of nitro groups is 1. The van der Waals surface area contributed by atoms with E-state index in [0.717, 1.165) is 23.3 Å². The van der Waals surface area contributed by atoms with Gasteiger partial charge >= 0.3 is 0 Å². The van der Waals surface area contributed by atoms with E-state index in [1.54, 1.807) is 6.07 Å². The van der Waals surface area contributed by atoms with Gasteiger partial charge < -0.3 is 5.32 Å². The van der Waals surface area contributed by atoms with Crippen molar-refractivity contribution in [3.8, 4) is 0 Å². The largest absolute Gasteiger partial charge is 0.324 e. The Balaban J connectivity index is 1.47. The van der Waals surface area contributed by atoms with Crippen LogP contribution in [0.2, 0.25) is 0 Å². The minimum atomic E-state index is -1.04. The van der Waals surface area contributed by atoms with E-state index < -0.39 is 28.7 Å². The average molecular weight is 445 g/mol. The van der Waals surface area contributed by atoms with Crippen molar-refractivity contribution in [1.82, 2.24) is 4.90 Å². The normalized spacial score (nSPS) is 26.2. The Kier molecular flexibility index (Phi) is 5.28. The van der Waals surface area contributed by atoms with Gasteiger partial charge in [-0.15, -0.1) is 0 Å². The van der Waals surface area contributed by atoms with Crippen LogP contribution in [0, 0.1) is 33.8 Å². The monoisotopic (exact) mass is 445 g/mol. The van der Waals surface area contributed by atoms with Gasteiger partial charge in [-0.25, -0.2) is 0 Å². The molecule has 8 nitrogen and oxygen atoms in total. The Bertz CT molecular complexity index is 1130. The van der Waals surface area contributed by atoms with Gasteiger partial charge in [-0.2, -0.15) is 0 Å². The van der Waals surface area contributed by atoms with Crippen LogP contribution in [0.5, 0.6) is 0 Å². The van der Waals surface area contributed by atoms with Gasteiger partial charge in [0.2, 0.25) is 17.7 Å². The number of fused-ring (bicyclic) bond motifs is 1. The molecule has 2 aromatic carbocycles. The quantitative estimate of drug-likeness (QED) is 0.317. The summed E-state index contributed by atoms with van der Waals surface area (Å²) in [5.74, 6) is -1.90. The Morgan fingerprint density at radius 2 is 1.64 bits per heavy atom. The van der Waals surface area contributed by atoms with Crippen LogP contribution in [0.4, 0.5) is 11.4 Å². The van der Waals surface area contributed by atoms with Crippen molar-refractivity contribution in [1.29, 1.82) is 0 Å². The highest BCUT2D eigenvalue weighted by molar-refractivity contribution is 6.10. The van der Waals surface area contributed by atoms with E-state index in [9.17, 15) is 24.5 Å². The molecule has 5 atom stereocenters. The molecular formula is C25H23N3O5. The van der Waals surface area contributed by atoms with Crippen LogP contribution < -0.4 is 5.32 Å². The molecule has 1 saturated heterocycles. The first-order valence-corrected chi connectivity index (χ1v) is 11.1. The van der Waals surface area contributed by atoms with Crippen molar-refractivity contribution in [3.63, 3.8) is 0 Å². The summed E-state index contributed by atoms with van der Waals surface area (Å²) >= 11 is 0. The van der Waals surface area contributed by atoms with Crippen LogP contribution in [0.15, 0.2) is 66.7 Å². The molecule has 1 aliphatic heterocycles. The van der Waals surface area contributed by atoms with Crippen molar-refractivity contribution in [2.45, 2.75) is 25.3 Å². The molecule has 6 rings (SSSR count). The summed E-state index contributed by atoms with van der Waals surface area (Å²) in [7, 11) is 0. The molecule has 2 bridgehead atoms. The van der Waals surface area contributed by atoms with Crippen LogP contribution in [-0.4, -0.2) is 33.6 Å². The third kappa shape index (κ3) is 3.71. The molecule has 3 amide bonds. The molecule has 4 aliphatic rings. The SMILES string of the molecule is O=C(Nc1cccc([N+](=O)[O-])c1)[C@H](Cc1ccccc1)N1C(=O)[C@@H]2[C@@H](C1=O)[C@H]1C=C[C@H]2CC1. The van der Waals surface area contributed by atoms with Gasteiger partial charge in [0.15, 0.2) is 0 Å². The molecule has 2 aromatic rings. The van der Waals surface area contributed by atoms with E-state index >= 15 is 0 Å². The second-order valence-corrected chi connectivity index (χ2v) is 8.89. The molecule has 168 valence electrons. The fourth-order valence-corrected chi connectivity index (χ4v) is 5.47. The van der Waals surface area contributed by atoms with Crippen molar-refractivity contribution < 1.29 is 19.3 Å². The van der Waals surface area contributed by atoms with Crippen LogP contribution >= 0.6 is 0 Å². The number of imide groups is 1. The van der Waals surface area contributed by atoms with Crippen molar-refractivity contribution in [3.05, 3.63) is 82.4 Å². The van der Waals surface area contributed by atoms with E-state index in [-0.39, 0.29) is 41.4 Å². The highest BCUT2D eigenvalue weighted by Gasteiger charge is 2.58. The number of carbonyl (C=O) groups is 3. The van der Waals surface area contributed by atoms with Crippen LogP contribution in [0.25, 0.3) is 0 Å². The van der Waals surface area contributed by atoms with Gasteiger partial charge in [0, 0.05) is 24.2 Å². The zero-order valence-corrected chi connectivity index (χ0v) is 17.8. The Morgan fingerprint density at radius 3 is 2.21 bits per heavy atom. The number of allylic oxidation sites excluding steroid dienone is 2. The third-order valence-electron chi connectivity index (χ3n) is 7.00. The zero-order valence-electron chi connectivity index (χ0n) is 17.8. The first-order valence-electron chi connectivity index (χ1n) is 11.1. The lowest BCUT2D eigenvalue weighted by atomic mass is 9.63. The Morgan fingerprint density at radius 1 is 1.00 bits per heavy atom. The topological polar surface area (TPSA) is 110 Å². The summed E-state index contributed by atoms with van der Waals surface area (Å²) in [5, 5.41) is 13.8. The number of rotatable bonds is 6. The number of nitro benzene ring substituents is 1. The molecule has 1 N–H and O–H groups in total. The number of nitrogens with one attached hydrogen (secondary N) is 1. The third-order valence-corrected chi connectivity index (χ3v) is 7.00. The molecule has 0 unspecified atom stereocenters. The van der Waals surface area contributed by atoms with E-state index in [0.29, 0.717) is 0 Å². The number of amides is 3. The number of likely N-dealkylation sites (tertiary alicyclic amines) is 1. The van der Waals surface area contributed by atoms with Gasteiger partial charge in [-0.3, -0.25) is 29.4 Å². The molecule has 2 fully saturated rings. The minimum Gasteiger partial charge on any atom is -0.324 e. The number of hydrogen-bond acceptors (Lipinski definition) is 5. The maximum Gasteiger partial charge on any atom is 0.271 e. The van der Waals surface area contributed by atoms with Crippen LogP contribution in [0.1, 0.15) is 18.4 Å². The molecule has 1 heterocycles. The maximum atomic E-state index is 13.5. The minimum absolute atomic E-state index is 0.0265. The van der Waals surface area contributed by atoms with Crippen molar-refractivity contribution in [2.75, 3.05) is 5.32 Å². The molecule has 33 heavy (non-hydrogen) atoms. The second-order valence-electron chi connectivity index (χ2n) is 8.89. The van der Waals surface area contributed by atoms with Gasteiger partial charge in [0.1, 0.15) is 6.04 Å². The second kappa shape index (κ2) is 8.27. The first-order chi connectivity index (χ1) is 15.9. The van der Waals surface area contributed by atoms with Crippen LogP contribution in [0.3, 0.4) is 0 Å². The number of hydrogen-bond donors (Lipinski definition) is 1. The lowest BCUT2D eigenvalue weighted by Crippen LogP contribution is -2.49. The van der Waals surface area contributed by atoms with Crippen molar-refractivity contribution in [2.24, 2.45) is 23.7 Å². The van der Waals surface area contributed by atoms with E-state index in [4.69, 9.17) is 0 Å². The lowest BCUT2D eigenvalue weighted by Gasteiger charge is -2.38. The molecule has 0 spiro atoms. The Hall–Kier alpha value is -3.81. The molecular weight excluding hydrogens is 422 g/mol.